The molecule has 1 saturated heterocycles. The average Bonchev–Trinajstić information content (AvgIpc) is 2.84. The zero-order valence-corrected chi connectivity index (χ0v) is 10.2. The van der Waals surface area contributed by atoms with E-state index < -0.39 is 5.97 Å². The van der Waals surface area contributed by atoms with Gasteiger partial charge in [-0.1, -0.05) is 29.4 Å². The number of carbonyl (C=O) groups is 1. The number of carboxylic acids is 1. The van der Waals surface area contributed by atoms with Crippen LogP contribution in [0.15, 0.2) is 34.9 Å². The molecule has 0 amide bonds. The number of ether oxygens (including phenoxy) is 1. The first-order chi connectivity index (χ1) is 9.22. The van der Waals surface area contributed by atoms with E-state index in [1.165, 1.54) is 11.6 Å². The fraction of sp³-hybridized carbons (Fsp3) is 0.286. The highest BCUT2D eigenvalue weighted by Gasteiger charge is 2.18. The van der Waals surface area contributed by atoms with E-state index in [-0.39, 0.29) is 5.76 Å². The SMILES string of the molecule is O=C(O)c1cc(-c2ccc(CC3COC3)cc2)no1. The Kier molecular flexibility index (Phi) is 3.05. The van der Waals surface area contributed by atoms with Gasteiger partial charge >= 0.3 is 5.97 Å². The number of aromatic carboxylic acids is 1. The molecule has 1 N–H and O–H groups in total. The van der Waals surface area contributed by atoms with Crippen molar-refractivity contribution in [2.24, 2.45) is 5.92 Å². The fourth-order valence-corrected chi connectivity index (χ4v) is 2.06. The third kappa shape index (κ3) is 2.51. The van der Waals surface area contributed by atoms with Gasteiger partial charge < -0.3 is 14.4 Å². The van der Waals surface area contributed by atoms with Gasteiger partial charge in [-0.3, -0.25) is 0 Å². The first-order valence-electron chi connectivity index (χ1n) is 6.09. The van der Waals surface area contributed by atoms with E-state index in [0.717, 1.165) is 25.2 Å². The van der Waals surface area contributed by atoms with Crippen LogP contribution >= 0.6 is 0 Å². The molecular formula is C14H13NO4. The first kappa shape index (κ1) is 11.9. The molecule has 0 saturated carbocycles. The second-order valence-electron chi connectivity index (χ2n) is 4.69. The average molecular weight is 259 g/mol. The lowest BCUT2D eigenvalue weighted by Crippen LogP contribution is -2.29. The highest BCUT2D eigenvalue weighted by atomic mass is 16.5. The van der Waals surface area contributed by atoms with Gasteiger partial charge in [0, 0.05) is 17.5 Å². The van der Waals surface area contributed by atoms with Gasteiger partial charge in [0.2, 0.25) is 5.76 Å². The minimum Gasteiger partial charge on any atom is -0.475 e. The molecule has 0 aliphatic carbocycles. The summed E-state index contributed by atoms with van der Waals surface area (Å²) in [7, 11) is 0. The maximum absolute atomic E-state index is 10.7. The van der Waals surface area contributed by atoms with Crippen molar-refractivity contribution in [2.75, 3.05) is 13.2 Å². The second-order valence-corrected chi connectivity index (χ2v) is 4.69. The summed E-state index contributed by atoms with van der Waals surface area (Å²) in [5, 5.41) is 12.5. The zero-order valence-electron chi connectivity index (χ0n) is 10.2. The summed E-state index contributed by atoms with van der Waals surface area (Å²) in [6.07, 6.45) is 1.01. The molecule has 1 aromatic carbocycles. The fourth-order valence-electron chi connectivity index (χ4n) is 2.06. The molecule has 0 unspecified atom stereocenters. The molecular weight excluding hydrogens is 246 g/mol. The Balaban J connectivity index is 1.75. The zero-order chi connectivity index (χ0) is 13.2. The van der Waals surface area contributed by atoms with E-state index in [9.17, 15) is 4.79 Å². The Morgan fingerprint density at radius 2 is 2.05 bits per heavy atom. The van der Waals surface area contributed by atoms with E-state index in [1.54, 1.807) is 0 Å². The Hall–Kier alpha value is -2.14. The standard InChI is InChI=1S/C14H13NO4/c16-14(17)13-6-12(15-19-13)11-3-1-9(2-4-11)5-10-7-18-8-10/h1-4,6,10H,5,7-8H2,(H,16,17). The van der Waals surface area contributed by atoms with Gasteiger partial charge in [-0.05, 0) is 12.0 Å². The Morgan fingerprint density at radius 3 is 2.58 bits per heavy atom. The molecule has 1 aliphatic heterocycles. The lowest BCUT2D eigenvalue weighted by molar-refractivity contribution is -0.0312. The summed E-state index contributed by atoms with van der Waals surface area (Å²) in [6, 6.07) is 9.35. The van der Waals surface area contributed by atoms with Gasteiger partial charge in [0.1, 0.15) is 5.69 Å². The van der Waals surface area contributed by atoms with Gasteiger partial charge in [0.05, 0.1) is 13.2 Å². The summed E-state index contributed by atoms with van der Waals surface area (Å²) in [6.45, 7) is 1.68. The molecule has 0 atom stereocenters. The van der Waals surface area contributed by atoms with Crippen LogP contribution in [0.25, 0.3) is 11.3 Å². The van der Waals surface area contributed by atoms with Crippen LogP contribution in [-0.2, 0) is 11.2 Å². The largest absolute Gasteiger partial charge is 0.475 e. The number of rotatable bonds is 4. The summed E-state index contributed by atoms with van der Waals surface area (Å²) in [5.41, 5.74) is 2.64. The van der Waals surface area contributed by atoms with Crippen molar-refractivity contribution < 1.29 is 19.2 Å². The molecule has 2 aromatic rings. The quantitative estimate of drug-likeness (QED) is 0.911. The summed E-state index contributed by atoms with van der Waals surface area (Å²) >= 11 is 0. The molecule has 3 rings (SSSR count). The monoisotopic (exact) mass is 259 g/mol. The van der Waals surface area contributed by atoms with Crippen LogP contribution in [0.2, 0.25) is 0 Å². The van der Waals surface area contributed by atoms with E-state index in [2.05, 4.69) is 5.16 Å². The minimum atomic E-state index is -1.11. The molecule has 98 valence electrons. The van der Waals surface area contributed by atoms with Gasteiger partial charge in [0.25, 0.3) is 0 Å². The Bertz CT molecular complexity index is 584. The molecule has 2 heterocycles. The number of hydrogen-bond acceptors (Lipinski definition) is 4. The van der Waals surface area contributed by atoms with Crippen molar-refractivity contribution >= 4 is 5.97 Å². The third-order valence-electron chi connectivity index (χ3n) is 3.20. The molecule has 1 aliphatic rings. The molecule has 5 nitrogen and oxygen atoms in total. The topological polar surface area (TPSA) is 72.6 Å². The van der Waals surface area contributed by atoms with Crippen LogP contribution in [0, 0.1) is 5.92 Å². The highest BCUT2D eigenvalue weighted by Crippen LogP contribution is 2.22. The molecule has 0 radical (unpaired) electrons. The van der Waals surface area contributed by atoms with Crippen LogP contribution in [-0.4, -0.2) is 29.4 Å². The van der Waals surface area contributed by atoms with Crippen molar-refractivity contribution in [3.8, 4) is 11.3 Å². The van der Waals surface area contributed by atoms with E-state index in [4.69, 9.17) is 14.4 Å². The van der Waals surface area contributed by atoms with Crippen LogP contribution in [0.1, 0.15) is 16.1 Å². The van der Waals surface area contributed by atoms with Gasteiger partial charge in [-0.2, -0.15) is 0 Å². The van der Waals surface area contributed by atoms with Crippen molar-refractivity contribution in [1.82, 2.24) is 5.16 Å². The van der Waals surface area contributed by atoms with Crippen molar-refractivity contribution in [3.05, 3.63) is 41.7 Å². The predicted molar refractivity (Wildman–Crippen MR) is 66.9 cm³/mol. The smallest absolute Gasteiger partial charge is 0.374 e. The number of benzene rings is 1. The molecule has 1 aromatic heterocycles. The Labute approximate surface area is 109 Å². The molecule has 1 fully saturated rings. The maximum Gasteiger partial charge on any atom is 0.374 e. The third-order valence-corrected chi connectivity index (χ3v) is 3.20. The van der Waals surface area contributed by atoms with Crippen molar-refractivity contribution in [1.29, 1.82) is 0 Å². The van der Waals surface area contributed by atoms with Crippen molar-refractivity contribution in [3.63, 3.8) is 0 Å². The molecule has 5 heteroatoms. The van der Waals surface area contributed by atoms with Crippen LogP contribution < -0.4 is 0 Å². The van der Waals surface area contributed by atoms with E-state index >= 15 is 0 Å². The predicted octanol–water partition coefficient (Wildman–Crippen LogP) is 2.23. The van der Waals surface area contributed by atoms with Gasteiger partial charge in [0.15, 0.2) is 0 Å². The lowest BCUT2D eigenvalue weighted by Gasteiger charge is -2.25. The molecule has 0 spiro atoms. The molecule has 19 heavy (non-hydrogen) atoms. The normalized spacial score (nSPS) is 15.2. The number of carboxylic acid groups (broad SMARTS) is 1. The summed E-state index contributed by atoms with van der Waals surface area (Å²) in [4.78, 5) is 10.7. The summed E-state index contributed by atoms with van der Waals surface area (Å²) in [5.74, 6) is -0.637. The number of aromatic nitrogens is 1. The Morgan fingerprint density at radius 1 is 1.32 bits per heavy atom. The van der Waals surface area contributed by atoms with Crippen LogP contribution in [0.5, 0.6) is 0 Å². The van der Waals surface area contributed by atoms with Gasteiger partial charge in [-0.25, -0.2) is 4.79 Å². The lowest BCUT2D eigenvalue weighted by atomic mass is 9.97. The van der Waals surface area contributed by atoms with Crippen LogP contribution in [0.3, 0.4) is 0 Å². The number of nitrogens with zero attached hydrogens (tertiary/aromatic N) is 1. The second kappa shape index (κ2) is 4.85. The molecule has 0 bridgehead atoms. The van der Waals surface area contributed by atoms with Gasteiger partial charge in [-0.15, -0.1) is 0 Å². The van der Waals surface area contributed by atoms with Crippen LogP contribution in [0.4, 0.5) is 0 Å². The first-order valence-corrected chi connectivity index (χ1v) is 6.09. The maximum atomic E-state index is 10.7. The summed E-state index contributed by atoms with van der Waals surface area (Å²) < 4.78 is 9.88. The highest BCUT2D eigenvalue weighted by molar-refractivity contribution is 5.85. The van der Waals surface area contributed by atoms with E-state index in [1.807, 2.05) is 24.3 Å². The van der Waals surface area contributed by atoms with Crippen molar-refractivity contribution in [2.45, 2.75) is 6.42 Å². The number of hydrogen-bond donors (Lipinski definition) is 1. The minimum absolute atomic E-state index is 0.148. The van der Waals surface area contributed by atoms with E-state index in [0.29, 0.717) is 11.6 Å².